The summed E-state index contributed by atoms with van der Waals surface area (Å²) < 4.78 is 10.3. The Labute approximate surface area is 257 Å². The van der Waals surface area contributed by atoms with E-state index in [1.165, 1.54) is 19.3 Å². The molecule has 5 heterocycles. The highest BCUT2D eigenvalue weighted by atomic mass is 16.5. The maximum Gasteiger partial charge on any atom is 0.254 e. The van der Waals surface area contributed by atoms with Gasteiger partial charge in [0.2, 0.25) is 0 Å². The number of carbonyl (C=O) groups is 1. The molecule has 2 aliphatic carbocycles. The number of nitrogens with zero attached hydrogens (tertiary/aromatic N) is 6. The van der Waals surface area contributed by atoms with Gasteiger partial charge in [0.1, 0.15) is 22.7 Å². The SMILES string of the molecule is COc1cc(C(=O)N2CC3CCC2C3C)cc2nc(-c3cc4ccc(Nc5ccnc(C)c5C)nc4n3CC3CC3)n(C)c12. The summed E-state index contributed by atoms with van der Waals surface area (Å²) in [5, 5.41) is 4.58. The first-order valence-corrected chi connectivity index (χ1v) is 15.9. The Hall–Kier alpha value is -4.40. The molecule has 3 aliphatic rings. The van der Waals surface area contributed by atoms with Gasteiger partial charge in [-0.05, 0) is 99.2 Å². The van der Waals surface area contributed by atoms with E-state index in [0.717, 1.165) is 75.9 Å². The van der Waals surface area contributed by atoms with Crippen LogP contribution in [0.15, 0.2) is 42.6 Å². The van der Waals surface area contributed by atoms with E-state index in [2.05, 4.69) is 50.3 Å². The molecule has 5 aromatic rings. The Kier molecular flexibility index (Phi) is 6.22. The molecule has 3 fully saturated rings. The van der Waals surface area contributed by atoms with Crippen LogP contribution in [0.3, 0.4) is 0 Å². The first-order valence-electron chi connectivity index (χ1n) is 15.9. The van der Waals surface area contributed by atoms with Crippen molar-refractivity contribution < 1.29 is 9.53 Å². The number of benzene rings is 1. The number of aryl methyl sites for hydroxylation is 2. The molecule has 9 nitrogen and oxygen atoms in total. The van der Waals surface area contributed by atoms with Crippen LogP contribution in [0, 0.1) is 31.6 Å². The third kappa shape index (κ3) is 4.27. The number of ether oxygens (including phenoxy) is 1. The summed E-state index contributed by atoms with van der Waals surface area (Å²) in [6.45, 7) is 8.13. The minimum absolute atomic E-state index is 0.0863. The first kappa shape index (κ1) is 27.2. The molecular formula is C35H39N7O2. The number of hydrogen-bond donors (Lipinski definition) is 1. The van der Waals surface area contributed by atoms with Gasteiger partial charge in [-0.3, -0.25) is 9.78 Å². The number of nitrogens with one attached hydrogen (secondary N) is 1. The van der Waals surface area contributed by atoms with E-state index in [0.29, 0.717) is 35.1 Å². The number of anilines is 2. The number of hydrogen-bond acceptors (Lipinski definition) is 6. The van der Waals surface area contributed by atoms with Gasteiger partial charge in [0.25, 0.3) is 5.91 Å². The summed E-state index contributed by atoms with van der Waals surface area (Å²) in [6, 6.07) is 12.5. The fourth-order valence-electron chi connectivity index (χ4n) is 7.57. The molecule has 1 saturated heterocycles. The van der Waals surface area contributed by atoms with Crippen molar-refractivity contribution in [3.05, 3.63) is 59.4 Å². The Morgan fingerprint density at radius 2 is 1.91 bits per heavy atom. The number of imidazole rings is 1. The number of amides is 1. The summed E-state index contributed by atoms with van der Waals surface area (Å²) in [7, 11) is 3.70. The van der Waals surface area contributed by atoms with Crippen LogP contribution in [0.2, 0.25) is 0 Å². The molecule has 1 aliphatic heterocycles. The van der Waals surface area contributed by atoms with Crippen molar-refractivity contribution in [2.45, 2.75) is 59.0 Å². The summed E-state index contributed by atoms with van der Waals surface area (Å²) in [5.74, 6) is 4.22. The predicted octanol–water partition coefficient (Wildman–Crippen LogP) is 6.63. The standard InChI is InChI=1S/C35H39N7O2/c1-19-21(3)36-13-12-26(19)37-31-11-9-23-15-29(41(33(23)39-31)17-22-6-7-22)34-38-27-14-25(16-30(44-5)32(27)40(34)4)35(43)42-18-24-8-10-28(42)20(24)2/h9,11-16,20,22,24,28H,6-8,10,17-18H2,1-5H3,(H,36,37,39). The number of rotatable bonds is 7. The summed E-state index contributed by atoms with van der Waals surface area (Å²) in [5.41, 5.74) is 7.38. The van der Waals surface area contributed by atoms with Crippen LogP contribution in [0.25, 0.3) is 33.6 Å². The van der Waals surface area contributed by atoms with Crippen LogP contribution in [0.1, 0.15) is 54.2 Å². The molecule has 44 heavy (non-hydrogen) atoms. The average Bonchev–Trinajstić information content (AvgIpc) is 3.43. The van der Waals surface area contributed by atoms with Crippen molar-refractivity contribution in [3.63, 3.8) is 0 Å². The molecule has 1 amide bonds. The lowest BCUT2D eigenvalue weighted by atomic mass is 10.0. The lowest BCUT2D eigenvalue weighted by Gasteiger charge is -2.27. The fraction of sp³-hybridized carbons (Fsp3) is 0.429. The third-order valence-corrected chi connectivity index (χ3v) is 10.5. The van der Waals surface area contributed by atoms with E-state index in [9.17, 15) is 4.79 Å². The van der Waals surface area contributed by atoms with Crippen molar-refractivity contribution in [2.24, 2.45) is 24.8 Å². The summed E-state index contributed by atoms with van der Waals surface area (Å²) in [6.07, 6.45) is 6.61. The Morgan fingerprint density at radius 3 is 2.64 bits per heavy atom. The van der Waals surface area contributed by atoms with Crippen LogP contribution in [0.5, 0.6) is 5.75 Å². The van der Waals surface area contributed by atoms with E-state index in [-0.39, 0.29) is 5.91 Å². The second-order valence-electron chi connectivity index (χ2n) is 13.1. The topological polar surface area (TPSA) is 90.1 Å². The van der Waals surface area contributed by atoms with Crippen LogP contribution in [0.4, 0.5) is 11.5 Å². The molecule has 9 heteroatoms. The molecule has 0 spiro atoms. The van der Waals surface area contributed by atoms with Crippen molar-refractivity contribution in [1.82, 2.24) is 29.0 Å². The van der Waals surface area contributed by atoms with Crippen molar-refractivity contribution in [3.8, 4) is 17.3 Å². The minimum Gasteiger partial charge on any atom is -0.494 e. The third-order valence-electron chi connectivity index (χ3n) is 10.5. The Bertz CT molecular complexity index is 1950. The molecule has 226 valence electrons. The monoisotopic (exact) mass is 589 g/mol. The highest BCUT2D eigenvalue weighted by molar-refractivity contribution is 6.00. The molecule has 2 saturated carbocycles. The molecule has 1 aromatic carbocycles. The number of fused-ring (bicyclic) bond motifs is 4. The normalized spacial score (nSPS) is 21.1. The van der Waals surface area contributed by atoms with E-state index in [1.54, 1.807) is 7.11 Å². The second-order valence-corrected chi connectivity index (χ2v) is 13.1. The highest BCUT2D eigenvalue weighted by Crippen LogP contribution is 2.44. The van der Waals surface area contributed by atoms with E-state index in [4.69, 9.17) is 14.7 Å². The van der Waals surface area contributed by atoms with Crippen LogP contribution < -0.4 is 10.1 Å². The van der Waals surface area contributed by atoms with Crippen LogP contribution >= 0.6 is 0 Å². The van der Waals surface area contributed by atoms with E-state index < -0.39 is 0 Å². The van der Waals surface area contributed by atoms with Gasteiger partial charge in [-0.1, -0.05) is 6.92 Å². The zero-order chi connectivity index (χ0) is 30.3. The molecule has 2 bridgehead atoms. The van der Waals surface area contributed by atoms with Crippen LogP contribution in [-0.2, 0) is 13.6 Å². The number of carbonyl (C=O) groups excluding carboxylic acids is 1. The summed E-state index contributed by atoms with van der Waals surface area (Å²) in [4.78, 5) is 30.5. The van der Waals surface area contributed by atoms with Gasteiger partial charge in [0.05, 0.1) is 18.3 Å². The number of likely N-dealkylation sites (tertiary alicyclic amines) is 1. The van der Waals surface area contributed by atoms with Gasteiger partial charge in [-0.2, -0.15) is 0 Å². The number of piperidine rings is 1. The van der Waals surface area contributed by atoms with Gasteiger partial charge >= 0.3 is 0 Å². The molecular weight excluding hydrogens is 550 g/mol. The quantitative estimate of drug-likeness (QED) is 0.229. The van der Waals surface area contributed by atoms with Crippen molar-refractivity contribution in [1.29, 1.82) is 0 Å². The number of methoxy groups -OCH3 is 1. The zero-order valence-corrected chi connectivity index (χ0v) is 26.1. The first-order chi connectivity index (χ1) is 21.3. The minimum atomic E-state index is 0.0863. The molecule has 0 radical (unpaired) electrons. The maximum absolute atomic E-state index is 13.8. The van der Waals surface area contributed by atoms with E-state index in [1.807, 2.05) is 44.4 Å². The zero-order valence-electron chi connectivity index (χ0n) is 26.1. The second kappa shape index (κ2) is 10.1. The maximum atomic E-state index is 13.8. The summed E-state index contributed by atoms with van der Waals surface area (Å²) >= 11 is 0. The Morgan fingerprint density at radius 1 is 1.07 bits per heavy atom. The van der Waals surface area contributed by atoms with Gasteiger partial charge in [0.15, 0.2) is 5.82 Å². The van der Waals surface area contributed by atoms with Crippen LogP contribution in [-0.4, -0.2) is 54.6 Å². The van der Waals surface area contributed by atoms with Gasteiger partial charge in [0, 0.05) is 54.7 Å². The Balaban J connectivity index is 1.21. The highest BCUT2D eigenvalue weighted by Gasteiger charge is 2.46. The van der Waals surface area contributed by atoms with Crippen molar-refractivity contribution in [2.75, 3.05) is 19.0 Å². The molecule has 1 N–H and O–H groups in total. The van der Waals surface area contributed by atoms with Gasteiger partial charge in [-0.25, -0.2) is 9.97 Å². The lowest BCUT2D eigenvalue weighted by Crippen LogP contribution is -2.38. The lowest BCUT2D eigenvalue weighted by molar-refractivity contribution is 0.0696. The molecule has 3 atom stereocenters. The van der Waals surface area contributed by atoms with E-state index >= 15 is 0 Å². The number of pyridine rings is 2. The average molecular weight is 590 g/mol. The number of aromatic nitrogens is 5. The molecule has 8 rings (SSSR count). The van der Waals surface area contributed by atoms with Crippen molar-refractivity contribution >= 4 is 39.5 Å². The predicted molar refractivity (Wildman–Crippen MR) is 172 cm³/mol. The smallest absolute Gasteiger partial charge is 0.254 e. The molecule has 4 aromatic heterocycles. The van der Waals surface area contributed by atoms with Gasteiger partial charge < -0.3 is 24.1 Å². The molecule has 3 unspecified atom stereocenters. The fourth-order valence-corrected chi connectivity index (χ4v) is 7.57. The van der Waals surface area contributed by atoms with Gasteiger partial charge in [-0.15, -0.1) is 0 Å². The largest absolute Gasteiger partial charge is 0.494 e.